The minimum atomic E-state index is -0.492. The Morgan fingerprint density at radius 3 is 1.93 bits per heavy atom. The lowest BCUT2D eigenvalue weighted by molar-refractivity contribution is 0.763. The van der Waals surface area contributed by atoms with Crippen molar-refractivity contribution in [2.24, 2.45) is 4.99 Å². The van der Waals surface area contributed by atoms with Gasteiger partial charge in [-0.05, 0) is 57.6 Å². The molecule has 55 heavy (non-hydrogen) atoms. The second-order valence-electron chi connectivity index (χ2n) is 14.4. The average Bonchev–Trinajstić information content (AvgIpc) is 3.88. The number of hydrogen-bond donors (Lipinski definition) is 1. The molecule has 10 aromatic rings. The van der Waals surface area contributed by atoms with Crippen LogP contribution in [0.5, 0.6) is 0 Å². The van der Waals surface area contributed by atoms with Crippen molar-refractivity contribution in [2.45, 2.75) is 12.1 Å². The first-order valence-corrected chi connectivity index (χ1v) is 19.6. The highest BCUT2D eigenvalue weighted by molar-refractivity contribution is 7.26. The van der Waals surface area contributed by atoms with E-state index in [0.717, 1.165) is 27.9 Å². The van der Waals surface area contributed by atoms with Gasteiger partial charge in [-0.2, -0.15) is 0 Å². The molecule has 0 bridgehead atoms. The third kappa shape index (κ3) is 4.65. The number of aromatic nitrogens is 1. The number of rotatable bonds is 6. The largest absolute Gasteiger partial charge is 0.398 e. The van der Waals surface area contributed by atoms with Crippen LogP contribution in [0.4, 0.5) is 5.69 Å². The third-order valence-electron chi connectivity index (χ3n) is 11.6. The molecule has 0 spiro atoms. The molecule has 0 radical (unpaired) electrons. The first-order chi connectivity index (χ1) is 27.2. The van der Waals surface area contributed by atoms with Crippen molar-refractivity contribution in [2.75, 3.05) is 5.73 Å². The molecule has 1 aliphatic carbocycles. The Hall–Kier alpha value is -6.75. The Balaban J connectivity index is 1.17. The van der Waals surface area contributed by atoms with Crippen molar-refractivity contribution in [3.63, 3.8) is 0 Å². The van der Waals surface area contributed by atoms with E-state index < -0.39 is 5.41 Å². The molecule has 0 unspecified atom stereocenters. The lowest BCUT2D eigenvalue weighted by atomic mass is 9.67. The molecular weight excluding hydrogens is 687 g/mol. The predicted octanol–water partition coefficient (Wildman–Crippen LogP) is 12.6. The molecule has 2 aromatic heterocycles. The van der Waals surface area contributed by atoms with Gasteiger partial charge in [0, 0.05) is 47.8 Å². The summed E-state index contributed by atoms with van der Waals surface area (Å²) >= 11 is 1.82. The normalized spacial score (nSPS) is 13.5. The fraction of sp³-hybridized carbons (Fsp3) is 0.0392. The topological polar surface area (TPSA) is 43.3 Å². The van der Waals surface area contributed by atoms with Gasteiger partial charge in [0.25, 0.3) is 0 Å². The smallest absolute Gasteiger partial charge is 0.115 e. The first kappa shape index (κ1) is 31.7. The number of para-hydroxylation sites is 2. The van der Waals surface area contributed by atoms with E-state index in [9.17, 15) is 0 Å². The lowest BCUT2D eigenvalue weighted by Gasteiger charge is -2.34. The Morgan fingerprint density at radius 1 is 0.509 bits per heavy atom. The SMILES string of the molecule is Nc1ccccc1/C(=N\Cn1c2ccccc2c2ccc(C3(c4ccccc4)c4ccccc4-c4ccccc43)cc21)c1cccc2c1sc1ccccc12. The summed E-state index contributed by atoms with van der Waals surface area (Å²) in [6, 6.07) is 68.1. The van der Waals surface area contributed by atoms with Gasteiger partial charge in [0.2, 0.25) is 0 Å². The van der Waals surface area contributed by atoms with E-state index in [0.29, 0.717) is 12.4 Å². The Kier molecular flexibility index (Phi) is 7.16. The van der Waals surface area contributed by atoms with Crippen LogP contribution in [0.2, 0.25) is 0 Å². The summed E-state index contributed by atoms with van der Waals surface area (Å²) < 4.78 is 4.88. The second kappa shape index (κ2) is 12.4. The van der Waals surface area contributed by atoms with E-state index in [4.69, 9.17) is 10.7 Å². The Bertz CT molecular complexity index is 3100. The molecule has 0 atom stereocenters. The minimum Gasteiger partial charge on any atom is -0.398 e. The number of anilines is 1. The van der Waals surface area contributed by atoms with Crippen molar-refractivity contribution in [3.05, 3.63) is 221 Å². The lowest BCUT2D eigenvalue weighted by Crippen LogP contribution is -2.28. The molecule has 0 amide bonds. The van der Waals surface area contributed by atoms with Gasteiger partial charge in [-0.1, -0.05) is 164 Å². The van der Waals surface area contributed by atoms with E-state index in [2.05, 4.69) is 180 Å². The number of nitrogens with two attached hydrogens (primary N) is 1. The molecule has 4 heteroatoms. The van der Waals surface area contributed by atoms with Crippen LogP contribution in [0.1, 0.15) is 33.4 Å². The van der Waals surface area contributed by atoms with Gasteiger partial charge in [0.1, 0.15) is 6.67 Å². The summed E-state index contributed by atoms with van der Waals surface area (Å²) in [5.74, 6) is 0. The highest BCUT2D eigenvalue weighted by atomic mass is 32.1. The highest BCUT2D eigenvalue weighted by Gasteiger charge is 2.46. The number of nitrogens with zero attached hydrogens (tertiary/aromatic N) is 2. The summed E-state index contributed by atoms with van der Waals surface area (Å²) in [5.41, 5.74) is 19.9. The minimum absolute atomic E-state index is 0.421. The fourth-order valence-corrected chi connectivity index (χ4v) is 10.5. The van der Waals surface area contributed by atoms with Crippen LogP contribution in [0, 0.1) is 0 Å². The molecule has 2 N–H and O–H groups in total. The van der Waals surface area contributed by atoms with Crippen LogP contribution in [-0.2, 0) is 12.1 Å². The van der Waals surface area contributed by atoms with Crippen LogP contribution >= 0.6 is 11.3 Å². The maximum atomic E-state index is 6.76. The van der Waals surface area contributed by atoms with Crippen LogP contribution in [0.25, 0.3) is 53.1 Å². The maximum absolute atomic E-state index is 6.76. The molecule has 0 aliphatic heterocycles. The fourth-order valence-electron chi connectivity index (χ4n) is 9.25. The number of thiophene rings is 1. The summed E-state index contributed by atoms with van der Waals surface area (Å²) in [4.78, 5) is 5.57. The molecule has 3 nitrogen and oxygen atoms in total. The molecule has 260 valence electrons. The zero-order valence-corrected chi connectivity index (χ0v) is 30.8. The van der Waals surface area contributed by atoms with Gasteiger partial charge in [0.05, 0.1) is 22.2 Å². The van der Waals surface area contributed by atoms with Gasteiger partial charge in [0.15, 0.2) is 0 Å². The molecule has 11 rings (SSSR count). The molecule has 0 saturated heterocycles. The molecule has 1 aliphatic rings. The van der Waals surface area contributed by atoms with E-state index in [1.807, 2.05) is 23.5 Å². The predicted molar refractivity (Wildman–Crippen MR) is 233 cm³/mol. The molecule has 0 saturated carbocycles. The molecule has 8 aromatic carbocycles. The Labute approximate surface area is 323 Å². The number of fused-ring (bicyclic) bond motifs is 9. The van der Waals surface area contributed by atoms with Crippen molar-refractivity contribution in [1.29, 1.82) is 0 Å². The van der Waals surface area contributed by atoms with Crippen molar-refractivity contribution >= 4 is 64.7 Å². The van der Waals surface area contributed by atoms with Crippen LogP contribution in [-0.4, -0.2) is 10.3 Å². The Morgan fingerprint density at radius 2 is 1.13 bits per heavy atom. The molecule has 0 fully saturated rings. The van der Waals surface area contributed by atoms with Gasteiger partial charge in [-0.3, -0.25) is 4.99 Å². The van der Waals surface area contributed by atoms with Crippen molar-refractivity contribution in [1.82, 2.24) is 4.57 Å². The summed E-state index contributed by atoms with van der Waals surface area (Å²) in [6.07, 6.45) is 0. The standard InChI is InChI=1S/C51H35N3S/c52-45-26-11-6-21-41(45)49(42-23-14-22-40-39-20-8-13-28-48(39)55-50(40)42)53-32-54-46-27-12-7-19-37(46)38-30-29-34(31-47(38)54)51(33-15-2-1-3-16-33)43-24-9-4-17-35(43)36-18-5-10-25-44(36)51/h1-31H,32,52H2/b53-49+. The van der Waals surface area contributed by atoms with Crippen LogP contribution < -0.4 is 5.73 Å². The molecule has 2 heterocycles. The number of aliphatic imine (C=N–C) groups is 1. The van der Waals surface area contributed by atoms with Crippen LogP contribution in [0.3, 0.4) is 0 Å². The quantitative estimate of drug-likeness (QED) is 0.135. The van der Waals surface area contributed by atoms with Gasteiger partial charge in [-0.25, -0.2) is 0 Å². The van der Waals surface area contributed by atoms with Gasteiger partial charge < -0.3 is 10.3 Å². The van der Waals surface area contributed by atoms with Crippen LogP contribution in [0.15, 0.2) is 193 Å². The van der Waals surface area contributed by atoms with Gasteiger partial charge in [-0.15, -0.1) is 11.3 Å². The first-order valence-electron chi connectivity index (χ1n) is 18.8. The number of hydrogen-bond acceptors (Lipinski definition) is 3. The van der Waals surface area contributed by atoms with E-state index in [1.165, 1.54) is 64.3 Å². The monoisotopic (exact) mass is 721 g/mol. The molecular formula is C51H35N3S. The summed E-state index contributed by atoms with van der Waals surface area (Å²) in [5, 5.41) is 4.93. The number of nitrogen functional groups attached to an aromatic ring is 1. The summed E-state index contributed by atoms with van der Waals surface area (Å²) in [6.45, 7) is 0.421. The third-order valence-corrected chi connectivity index (χ3v) is 12.8. The zero-order valence-electron chi connectivity index (χ0n) is 30.0. The zero-order chi connectivity index (χ0) is 36.5. The van der Waals surface area contributed by atoms with E-state index in [1.54, 1.807) is 0 Å². The summed E-state index contributed by atoms with van der Waals surface area (Å²) in [7, 11) is 0. The maximum Gasteiger partial charge on any atom is 0.115 e. The van der Waals surface area contributed by atoms with E-state index >= 15 is 0 Å². The van der Waals surface area contributed by atoms with E-state index in [-0.39, 0.29) is 0 Å². The average molecular weight is 722 g/mol. The highest BCUT2D eigenvalue weighted by Crippen LogP contribution is 2.56. The van der Waals surface area contributed by atoms with Crippen molar-refractivity contribution in [3.8, 4) is 11.1 Å². The second-order valence-corrected chi connectivity index (χ2v) is 15.5. The van der Waals surface area contributed by atoms with Crippen molar-refractivity contribution < 1.29 is 0 Å². The van der Waals surface area contributed by atoms with Gasteiger partial charge >= 0.3 is 0 Å². The number of benzene rings is 8.